The van der Waals surface area contributed by atoms with Crippen LogP contribution in [0.5, 0.6) is 0 Å². The van der Waals surface area contributed by atoms with Crippen molar-refractivity contribution in [2.75, 3.05) is 11.1 Å². The zero-order chi connectivity index (χ0) is 10.1. The SMILES string of the molecule is CCC1CC1Nc1ncc(N)cc1Cl. The van der Waals surface area contributed by atoms with Crippen molar-refractivity contribution >= 4 is 23.1 Å². The minimum absolute atomic E-state index is 0.550. The Morgan fingerprint density at radius 1 is 1.71 bits per heavy atom. The van der Waals surface area contributed by atoms with Gasteiger partial charge in [0.2, 0.25) is 0 Å². The second-order valence-electron chi connectivity index (χ2n) is 3.75. The lowest BCUT2D eigenvalue weighted by Gasteiger charge is -2.06. The van der Waals surface area contributed by atoms with Crippen LogP contribution in [-0.2, 0) is 0 Å². The third-order valence-electron chi connectivity index (χ3n) is 2.63. The van der Waals surface area contributed by atoms with Gasteiger partial charge in [0.25, 0.3) is 0 Å². The van der Waals surface area contributed by atoms with E-state index in [2.05, 4.69) is 17.2 Å². The molecule has 2 unspecified atom stereocenters. The molecule has 1 fully saturated rings. The topological polar surface area (TPSA) is 50.9 Å². The average molecular weight is 212 g/mol. The van der Waals surface area contributed by atoms with E-state index in [1.165, 1.54) is 12.8 Å². The van der Waals surface area contributed by atoms with Gasteiger partial charge in [0.15, 0.2) is 0 Å². The third-order valence-corrected chi connectivity index (χ3v) is 2.92. The van der Waals surface area contributed by atoms with Crippen molar-refractivity contribution in [3.05, 3.63) is 17.3 Å². The summed E-state index contributed by atoms with van der Waals surface area (Å²) in [5.41, 5.74) is 6.15. The van der Waals surface area contributed by atoms with Gasteiger partial charge in [-0.25, -0.2) is 4.98 Å². The van der Waals surface area contributed by atoms with Crippen molar-refractivity contribution in [2.24, 2.45) is 5.92 Å². The number of hydrogen-bond acceptors (Lipinski definition) is 3. The van der Waals surface area contributed by atoms with Crippen molar-refractivity contribution in [1.82, 2.24) is 4.98 Å². The summed E-state index contributed by atoms with van der Waals surface area (Å²) in [6.45, 7) is 2.20. The van der Waals surface area contributed by atoms with E-state index in [4.69, 9.17) is 17.3 Å². The fourth-order valence-corrected chi connectivity index (χ4v) is 1.84. The molecule has 1 heterocycles. The predicted molar refractivity (Wildman–Crippen MR) is 59.5 cm³/mol. The minimum atomic E-state index is 0.550. The van der Waals surface area contributed by atoms with Gasteiger partial charge in [0, 0.05) is 6.04 Å². The molecule has 4 heteroatoms. The maximum absolute atomic E-state index is 5.99. The molecule has 1 saturated carbocycles. The van der Waals surface area contributed by atoms with Gasteiger partial charge in [-0.2, -0.15) is 0 Å². The summed E-state index contributed by atoms with van der Waals surface area (Å²) < 4.78 is 0. The van der Waals surface area contributed by atoms with Gasteiger partial charge in [0.1, 0.15) is 5.82 Å². The molecular formula is C10H14ClN3. The monoisotopic (exact) mass is 211 g/mol. The molecule has 76 valence electrons. The lowest BCUT2D eigenvalue weighted by molar-refractivity contribution is 0.773. The van der Waals surface area contributed by atoms with E-state index in [0.29, 0.717) is 16.8 Å². The van der Waals surface area contributed by atoms with Crippen molar-refractivity contribution < 1.29 is 0 Å². The van der Waals surface area contributed by atoms with Crippen LogP contribution in [0.4, 0.5) is 11.5 Å². The van der Waals surface area contributed by atoms with Crippen molar-refractivity contribution in [3.63, 3.8) is 0 Å². The molecular weight excluding hydrogens is 198 g/mol. The molecule has 3 nitrogen and oxygen atoms in total. The lowest BCUT2D eigenvalue weighted by atomic mass is 10.3. The Bertz CT molecular complexity index is 340. The van der Waals surface area contributed by atoms with Gasteiger partial charge in [-0.15, -0.1) is 0 Å². The molecule has 3 N–H and O–H groups in total. The zero-order valence-electron chi connectivity index (χ0n) is 8.13. The van der Waals surface area contributed by atoms with Gasteiger partial charge in [-0.05, 0) is 18.4 Å². The van der Waals surface area contributed by atoms with Crippen LogP contribution in [0.3, 0.4) is 0 Å². The summed E-state index contributed by atoms with van der Waals surface area (Å²) in [5.74, 6) is 1.53. The number of pyridine rings is 1. The Kier molecular flexibility index (Phi) is 2.50. The molecule has 0 amide bonds. The van der Waals surface area contributed by atoms with Crippen LogP contribution in [0.15, 0.2) is 12.3 Å². The molecule has 0 radical (unpaired) electrons. The minimum Gasteiger partial charge on any atom is -0.397 e. The Labute approximate surface area is 88.7 Å². The van der Waals surface area contributed by atoms with Gasteiger partial charge in [0.05, 0.1) is 16.9 Å². The molecule has 0 aliphatic heterocycles. The van der Waals surface area contributed by atoms with E-state index in [0.717, 1.165) is 11.7 Å². The first-order valence-corrected chi connectivity index (χ1v) is 5.26. The van der Waals surface area contributed by atoms with Crippen LogP contribution >= 0.6 is 11.6 Å². The van der Waals surface area contributed by atoms with Gasteiger partial charge in [-0.1, -0.05) is 24.9 Å². The Balaban J connectivity index is 2.03. The fourth-order valence-electron chi connectivity index (χ4n) is 1.61. The van der Waals surface area contributed by atoms with Crippen molar-refractivity contribution in [1.29, 1.82) is 0 Å². The van der Waals surface area contributed by atoms with Gasteiger partial charge >= 0.3 is 0 Å². The summed E-state index contributed by atoms with van der Waals surface area (Å²) in [6, 6.07) is 2.27. The molecule has 0 aromatic carbocycles. The summed E-state index contributed by atoms with van der Waals surface area (Å²) in [5, 5.41) is 3.92. The van der Waals surface area contributed by atoms with Crippen molar-refractivity contribution in [2.45, 2.75) is 25.8 Å². The number of nitrogens with one attached hydrogen (secondary N) is 1. The molecule has 2 atom stereocenters. The zero-order valence-corrected chi connectivity index (χ0v) is 8.88. The summed E-state index contributed by atoms with van der Waals surface area (Å²) in [4.78, 5) is 4.16. The Morgan fingerprint density at radius 2 is 2.50 bits per heavy atom. The van der Waals surface area contributed by atoms with Crippen molar-refractivity contribution in [3.8, 4) is 0 Å². The van der Waals surface area contributed by atoms with Gasteiger partial charge < -0.3 is 11.1 Å². The fraction of sp³-hybridized carbons (Fsp3) is 0.500. The normalized spacial score (nSPS) is 24.7. The van der Waals surface area contributed by atoms with Crippen LogP contribution in [0.2, 0.25) is 5.02 Å². The first-order valence-electron chi connectivity index (χ1n) is 4.88. The highest BCUT2D eigenvalue weighted by Gasteiger charge is 2.35. The Morgan fingerprint density at radius 3 is 3.07 bits per heavy atom. The molecule has 14 heavy (non-hydrogen) atoms. The highest BCUT2D eigenvalue weighted by atomic mass is 35.5. The first kappa shape index (κ1) is 9.59. The number of rotatable bonds is 3. The molecule has 0 bridgehead atoms. The maximum atomic E-state index is 5.99. The first-order chi connectivity index (χ1) is 6.70. The molecule has 0 saturated heterocycles. The van der Waals surface area contributed by atoms with E-state index >= 15 is 0 Å². The summed E-state index contributed by atoms with van der Waals surface area (Å²) in [6.07, 6.45) is 4.06. The molecule has 2 rings (SSSR count). The summed E-state index contributed by atoms with van der Waals surface area (Å²) >= 11 is 5.99. The van der Waals surface area contributed by atoms with Crippen LogP contribution in [0.25, 0.3) is 0 Å². The summed E-state index contributed by atoms with van der Waals surface area (Å²) in [7, 11) is 0. The van der Waals surface area contributed by atoms with Crippen LogP contribution in [-0.4, -0.2) is 11.0 Å². The molecule has 1 aromatic heterocycles. The molecule has 0 spiro atoms. The lowest BCUT2D eigenvalue weighted by Crippen LogP contribution is -2.06. The Hall–Kier alpha value is -0.960. The van der Waals surface area contributed by atoms with Crippen LogP contribution in [0, 0.1) is 5.92 Å². The highest BCUT2D eigenvalue weighted by Crippen LogP contribution is 2.37. The third kappa shape index (κ3) is 1.93. The quantitative estimate of drug-likeness (QED) is 0.808. The van der Waals surface area contributed by atoms with E-state index in [1.54, 1.807) is 12.3 Å². The van der Waals surface area contributed by atoms with E-state index in [1.807, 2.05) is 0 Å². The number of aromatic nitrogens is 1. The number of nitrogens with zero attached hydrogens (tertiary/aromatic N) is 1. The van der Waals surface area contributed by atoms with E-state index in [-0.39, 0.29) is 0 Å². The molecule has 1 aliphatic carbocycles. The second-order valence-corrected chi connectivity index (χ2v) is 4.16. The van der Waals surface area contributed by atoms with E-state index < -0.39 is 0 Å². The largest absolute Gasteiger partial charge is 0.397 e. The predicted octanol–water partition coefficient (Wildman–Crippen LogP) is 2.53. The molecule has 1 aliphatic rings. The molecule has 1 aromatic rings. The second kappa shape index (κ2) is 3.65. The number of nitrogens with two attached hydrogens (primary N) is 1. The maximum Gasteiger partial charge on any atom is 0.145 e. The average Bonchev–Trinajstić information content (AvgIpc) is 2.89. The number of hydrogen-bond donors (Lipinski definition) is 2. The number of nitrogen functional groups attached to an aromatic ring is 1. The number of halogens is 1. The number of anilines is 2. The van der Waals surface area contributed by atoms with Crippen LogP contribution < -0.4 is 11.1 Å². The standard InChI is InChI=1S/C10H14ClN3/c1-2-6-3-9(6)14-10-8(11)4-7(12)5-13-10/h4-6,9H,2-3,12H2,1H3,(H,13,14). The smallest absolute Gasteiger partial charge is 0.145 e. The van der Waals surface area contributed by atoms with E-state index in [9.17, 15) is 0 Å². The van der Waals surface area contributed by atoms with Crippen LogP contribution in [0.1, 0.15) is 19.8 Å². The highest BCUT2D eigenvalue weighted by molar-refractivity contribution is 6.33. The van der Waals surface area contributed by atoms with Gasteiger partial charge in [-0.3, -0.25) is 0 Å².